The third-order valence-electron chi connectivity index (χ3n) is 6.16. The minimum Gasteiger partial charge on any atom is -0.493 e. The Hall–Kier alpha value is -3.69. The maximum absolute atomic E-state index is 12.7. The van der Waals surface area contributed by atoms with Gasteiger partial charge in [0.05, 0.1) is 18.9 Å². The molecule has 0 spiro atoms. The number of hydrogen-bond acceptors (Lipinski definition) is 7. The minimum atomic E-state index is -1.05. The van der Waals surface area contributed by atoms with Crippen LogP contribution in [0, 0.1) is 12.8 Å². The van der Waals surface area contributed by atoms with Crippen LogP contribution in [-0.4, -0.2) is 56.8 Å². The SMILES string of the molecule is CC(C)(C)N.Cc1oc(/C=C/CCC(C)C)nc1CCOc1ccc2c(c1)CN(C(=O)/C=C/C=C/CO)[C@H](C(=O)O)C2. The van der Waals surface area contributed by atoms with E-state index in [0.717, 1.165) is 35.4 Å². The lowest BCUT2D eigenvalue weighted by atomic mass is 9.93. The molecule has 1 amide bonds. The summed E-state index contributed by atoms with van der Waals surface area (Å²) >= 11 is 0. The molecule has 2 aromatic rings. The molecule has 0 aliphatic carbocycles. The second kappa shape index (κ2) is 16.7. The molecule has 4 N–H and O–H groups in total. The van der Waals surface area contributed by atoms with Gasteiger partial charge >= 0.3 is 5.97 Å². The van der Waals surface area contributed by atoms with Crippen LogP contribution in [0.5, 0.6) is 5.75 Å². The van der Waals surface area contributed by atoms with Gasteiger partial charge in [-0.3, -0.25) is 4.79 Å². The number of allylic oxidation sites excluding steroid dienone is 3. The highest BCUT2D eigenvalue weighted by molar-refractivity contribution is 5.92. The topological polar surface area (TPSA) is 139 Å². The van der Waals surface area contributed by atoms with E-state index in [1.54, 1.807) is 6.08 Å². The first kappa shape index (κ1) is 34.5. The van der Waals surface area contributed by atoms with Crippen LogP contribution in [0.4, 0.5) is 0 Å². The number of carboxylic acids is 1. The number of aliphatic hydroxyl groups is 1. The minimum absolute atomic E-state index is 0. The van der Waals surface area contributed by atoms with Crippen molar-refractivity contribution in [2.75, 3.05) is 13.2 Å². The number of aliphatic carboxylic acids is 1. The molecule has 0 saturated heterocycles. The number of ether oxygens (including phenoxy) is 1. The van der Waals surface area contributed by atoms with Crippen LogP contribution in [0.25, 0.3) is 6.08 Å². The van der Waals surface area contributed by atoms with Gasteiger partial charge in [0.25, 0.3) is 0 Å². The van der Waals surface area contributed by atoms with Gasteiger partial charge in [0, 0.05) is 31.0 Å². The molecule has 3 rings (SSSR count). The number of benzene rings is 1. The lowest BCUT2D eigenvalue weighted by Crippen LogP contribution is -2.48. The summed E-state index contributed by atoms with van der Waals surface area (Å²) in [6.45, 7) is 12.6. The number of aliphatic hydroxyl groups excluding tert-OH is 1. The molecule has 1 aromatic carbocycles. The summed E-state index contributed by atoms with van der Waals surface area (Å²) < 4.78 is 11.7. The summed E-state index contributed by atoms with van der Waals surface area (Å²) in [7, 11) is 0. The fourth-order valence-electron chi connectivity index (χ4n) is 4.11. The van der Waals surface area contributed by atoms with Crippen molar-refractivity contribution in [2.24, 2.45) is 11.7 Å². The molecule has 0 radical (unpaired) electrons. The third-order valence-corrected chi connectivity index (χ3v) is 6.16. The second-order valence-electron chi connectivity index (χ2n) is 11.8. The van der Waals surface area contributed by atoms with E-state index in [2.05, 4.69) is 24.9 Å². The maximum atomic E-state index is 12.7. The molecule has 0 fully saturated rings. The van der Waals surface area contributed by atoms with Crippen LogP contribution < -0.4 is 10.5 Å². The Morgan fingerprint density at radius 3 is 2.57 bits per heavy atom. The molecule has 230 valence electrons. The van der Waals surface area contributed by atoms with Gasteiger partial charge in [-0.05, 0) is 75.8 Å². The molecule has 9 nitrogen and oxygen atoms in total. The number of fused-ring (bicyclic) bond motifs is 1. The van der Waals surface area contributed by atoms with E-state index in [4.69, 9.17) is 20.0 Å². The average molecular weight is 582 g/mol. The number of hydrogen-bond donors (Lipinski definition) is 3. The van der Waals surface area contributed by atoms with E-state index in [1.807, 2.05) is 52.0 Å². The molecule has 0 bridgehead atoms. The zero-order valence-corrected chi connectivity index (χ0v) is 25.8. The van der Waals surface area contributed by atoms with Gasteiger partial charge in [0.15, 0.2) is 0 Å². The standard InChI is InChI=1S/C29H36N2O6.C4H11N/c1-20(2)9-6-7-10-27-30-25(21(3)37-27)14-16-36-24-13-12-22-18-26(29(34)35)31(19-23(22)17-24)28(33)11-5-4-8-15-32;1-4(2,3)5/h4-5,7-8,10-13,17,20,26,32H,6,9,14-16,18-19H2,1-3H3,(H,34,35);5H2,1-3H3/b8-4+,10-7+,11-5+;/t26-;/m0./s1. The number of aromatic nitrogens is 1. The van der Waals surface area contributed by atoms with Gasteiger partial charge in [-0.2, -0.15) is 0 Å². The Kier molecular flexibility index (Phi) is 13.7. The molecule has 0 unspecified atom stereocenters. The van der Waals surface area contributed by atoms with Crippen molar-refractivity contribution in [3.63, 3.8) is 0 Å². The molecule has 1 aliphatic heterocycles. The zero-order valence-electron chi connectivity index (χ0n) is 25.8. The van der Waals surface area contributed by atoms with Gasteiger partial charge in [-0.25, -0.2) is 9.78 Å². The zero-order chi connectivity index (χ0) is 31.3. The fraction of sp³-hybridized carbons (Fsp3) is 0.485. The monoisotopic (exact) mass is 581 g/mol. The number of oxazole rings is 1. The average Bonchev–Trinajstić information content (AvgIpc) is 3.26. The Labute approximate surface area is 249 Å². The van der Waals surface area contributed by atoms with Crippen molar-refractivity contribution < 1.29 is 29.0 Å². The van der Waals surface area contributed by atoms with E-state index in [9.17, 15) is 14.7 Å². The molecule has 1 atom stereocenters. The van der Waals surface area contributed by atoms with Crippen LogP contribution in [0.1, 0.15) is 75.9 Å². The van der Waals surface area contributed by atoms with Crippen LogP contribution in [-0.2, 0) is 29.0 Å². The highest BCUT2D eigenvalue weighted by Gasteiger charge is 2.33. The highest BCUT2D eigenvalue weighted by Crippen LogP contribution is 2.28. The fourth-order valence-corrected chi connectivity index (χ4v) is 4.11. The van der Waals surface area contributed by atoms with Crippen LogP contribution in [0.2, 0.25) is 0 Å². The Morgan fingerprint density at radius 2 is 1.93 bits per heavy atom. The Bertz CT molecular complexity index is 1250. The van der Waals surface area contributed by atoms with Gasteiger partial charge in [-0.15, -0.1) is 0 Å². The summed E-state index contributed by atoms with van der Waals surface area (Å²) in [6, 6.07) is 4.61. The number of amides is 1. The van der Waals surface area contributed by atoms with Crippen molar-refractivity contribution in [1.82, 2.24) is 9.88 Å². The summed E-state index contributed by atoms with van der Waals surface area (Å²) in [5, 5.41) is 18.5. The van der Waals surface area contributed by atoms with Crippen molar-refractivity contribution in [3.8, 4) is 5.75 Å². The lowest BCUT2D eigenvalue weighted by molar-refractivity contribution is -0.149. The van der Waals surface area contributed by atoms with Gasteiger partial charge < -0.3 is 30.0 Å². The number of nitrogens with zero attached hydrogens (tertiary/aromatic N) is 2. The molecule has 1 aliphatic rings. The smallest absolute Gasteiger partial charge is 0.326 e. The van der Waals surface area contributed by atoms with Crippen LogP contribution in [0.3, 0.4) is 0 Å². The number of carboxylic acid groups (broad SMARTS) is 1. The number of aryl methyl sites for hydroxylation is 1. The van der Waals surface area contributed by atoms with E-state index < -0.39 is 17.9 Å². The molecule has 42 heavy (non-hydrogen) atoms. The molecule has 9 heteroatoms. The molecule has 0 saturated carbocycles. The highest BCUT2D eigenvalue weighted by atomic mass is 16.5. The lowest BCUT2D eigenvalue weighted by Gasteiger charge is -2.34. The molecular formula is C33H47N3O6. The van der Waals surface area contributed by atoms with Crippen molar-refractivity contribution in [1.29, 1.82) is 0 Å². The number of carbonyl (C=O) groups is 2. The quantitative estimate of drug-likeness (QED) is 0.228. The first-order valence-corrected chi connectivity index (χ1v) is 14.4. The van der Waals surface area contributed by atoms with Crippen molar-refractivity contribution in [2.45, 2.75) is 85.4 Å². The maximum Gasteiger partial charge on any atom is 0.326 e. The van der Waals surface area contributed by atoms with E-state index in [1.165, 1.54) is 23.1 Å². The molecule has 2 heterocycles. The summed E-state index contributed by atoms with van der Waals surface area (Å²) in [4.78, 5) is 30.4. The molecule has 1 aromatic heterocycles. The first-order valence-electron chi connectivity index (χ1n) is 14.4. The van der Waals surface area contributed by atoms with Crippen LogP contribution in [0.15, 0.2) is 53.0 Å². The number of nitrogens with two attached hydrogens (primary N) is 1. The predicted molar refractivity (Wildman–Crippen MR) is 165 cm³/mol. The van der Waals surface area contributed by atoms with Crippen LogP contribution >= 0.6 is 0 Å². The number of carbonyl (C=O) groups excluding carboxylic acids is 1. The van der Waals surface area contributed by atoms with E-state index in [0.29, 0.717) is 30.6 Å². The summed E-state index contributed by atoms with van der Waals surface area (Å²) in [6.07, 6.45) is 12.8. The first-order chi connectivity index (χ1) is 19.8. The normalized spacial score (nSPS) is 15.4. The third kappa shape index (κ3) is 12.4. The Morgan fingerprint density at radius 1 is 1.21 bits per heavy atom. The Balaban J connectivity index is 0.00000113. The van der Waals surface area contributed by atoms with E-state index >= 15 is 0 Å². The summed E-state index contributed by atoms with van der Waals surface area (Å²) in [5.74, 6) is 1.23. The predicted octanol–water partition coefficient (Wildman–Crippen LogP) is 5.24. The molecular weight excluding hydrogens is 534 g/mol. The summed E-state index contributed by atoms with van der Waals surface area (Å²) in [5.41, 5.74) is 7.94. The van der Waals surface area contributed by atoms with Gasteiger partial charge in [0.2, 0.25) is 11.8 Å². The van der Waals surface area contributed by atoms with Crippen molar-refractivity contribution >= 4 is 18.0 Å². The van der Waals surface area contributed by atoms with Gasteiger partial charge in [-0.1, -0.05) is 44.2 Å². The van der Waals surface area contributed by atoms with E-state index in [-0.39, 0.29) is 25.1 Å². The van der Waals surface area contributed by atoms with Gasteiger partial charge in [0.1, 0.15) is 17.6 Å². The second-order valence-corrected chi connectivity index (χ2v) is 11.8. The van der Waals surface area contributed by atoms with Crippen molar-refractivity contribution in [3.05, 3.63) is 77.1 Å². The largest absolute Gasteiger partial charge is 0.493 e. The number of rotatable bonds is 12.